The molecule has 2 rings (SSSR count). The predicted molar refractivity (Wildman–Crippen MR) is 85.2 cm³/mol. The van der Waals surface area contributed by atoms with Gasteiger partial charge in [0, 0.05) is 6.08 Å². The first-order valence-electron chi connectivity index (χ1n) is 6.78. The van der Waals surface area contributed by atoms with Gasteiger partial charge in [0.1, 0.15) is 0 Å². The van der Waals surface area contributed by atoms with Crippen molar-refractivity contribution in [1.29, 1.82) is 0 Å². The first kappa shape index (κ1) is 16.2. The minimum Gasteiger partial charge on any atom is -0.493 e. The maximum atomic E-state index is 12.2. The van der Waals surface area contributed by atoms with Crippen LogP contribution in [0.2, 0.25) is 0 Å². The summed E-state index contributed by atoms with van der Waals surface area (Å²) in [7, 11) is 1.43. The molecule has 0 saturated heterocycles. The average molecular weight is 313 g/mol. The smallest absolute Gasteiger partial charge is 0.343 e. The summed E-state index contributed by atoms with van der Waals surface area (Å²) in [5, 5.41) is 10.3. The van der Waals surface area contributed by atoms with Gasteiger partial charge in [-0.25, -0.2) is 4.79 Å². The molecule has 0 radical (unpaired) electrons. The number of methoxy groups -OCH3 is 1. The summed E-state index contributed by atoms with van der Waals surface area (Å²) in [6.45, 7) is 1.88. The maximum Gasteiger partial charge on any atom is 0.343 e. The van der Waals surface area contributed by atoms with Crippen LogP contribution < -0.4 is 9.47 Å². The summed E-state index contributed by atoms with van der Waals surface area (Å²) in [5.41, 5.74) is 1.95. The van der Waals surface area contributed by atoms with Crippen molar-refractivity contribution in [3.63, 3.8) is 0 Å². The van der Waals surface area contributed by atoms with Gasteiger partial charge in [0.2, 0.25) is 6.20 Å². The molecule has 2 aromatic carbocycles. The van der Waals surface area contributed by atoms with Gasteiger partial charge < -0.3 is 9.47 Å². The van der Waals surface area contributed by atoms with Gasteiger partial charge in [0.15, 0.2) is 11.5 Å². The molecular formula is C17H15NO5. The van der Waals surface area contributed by atoms with Crippen molar-refractivity contribution < 1.29 is 19.2 Å². The van der Waals surface area contributed by atoms with E-state index in [1.54, 1.807) is 30.3 Å². The molecule has 2 aromatic rings. The Labute approximate surface area is 133 Å². The molecule has 0 spiro atoms. The van der Waals surface area contributed by atoms with Gasteiger partial charge in [-0.1, -0.05) is 23.8 Å². The maximum absolute atomic E-state index is 12.2. The Bertz CT molecular complexity index is 767. The van der Waals surface area contributed by atoms with Crippen LogP contribution in [0, 0.1) is 17.0 Å². The van der Waals surface area contributed by atoms with Crippen molar-refractivity contribution in [2.24, 2.45) is 0 Å². The molecule has 0 amide bonds. The lowest BCUT2D eigenvalue weighted by Gasteiger charge is -2.10. The third kappa shape index (κ3) is 4.41. The number of aryl methyl sites for hydroxylation is 1. The minimum atomic E-state index is -0.557. The topological polar surface area (TPSA) is 78.7 Å². The Balaban J connectivity index is 2.22. The molecule has 6 heteroatoms. The highest BCUT2D eigenvalue weighted by atomic mass is 16.6. The van der Waals surface area contributed by atoms with Crippen molar-refractivity contribution >= 4 is 12.0 Å². The number of hydrogen-bond donors (Lipinski definition) is 0. The van der Waals surface area contributed by atoms with Crippen LogP contribution in [0.15, 0.2) is 48.7 Å². The van der Waals surface area contributed by atoms with Crippen LogP contribution in [0.5, 0.6) is 11.5 Å². The van der Waals surface area contributed by atoms with Gasteiger partial charge in [-0.05, 0) is 36.8 Å². The number of nitrogens with zero attached hydrogens (tertiary/aromatic N) is 1. The zero-order valence-electron chi connectivity index (χ0n) is 12.7. The van der Waals surface area contributed by atoms with E-state index in [1.165, 1.54) is 19.3 Å². The van der Waals surface area contributed by atoms with Crippen LogP contribution in [0.1, 0.15) is 21.5 Å². The van der Waals surface area contributed by atoms with Crippen LogP contribution in [0.3, 0.4) is 0 Å². The van der Waals surface area contributed by atoms with Gasteiger partial charge in [-0.15, -0.1) is 0 Å². The molecule has 0 saturated carbocycles. The molecule has 118 valence electrons. The fourth-order valence-electron chi connectivity index (χ4n) is 1.95. The van der Waals surface area contributed by atoms with E-state index in [-0.39, 0.29) is 5.75 Å². The summed E-state index contributed by atoms with van der Waals surface area (Å²) >= 11 is 0. The lowest BCUT2D eigenvalue weighted by atomic mass is 10.1. The molecule has 0 fully saturated rings. The van der Waals surface area contributed by atoms with Gasteiger partial charge >= 0.3 is 5.97 Å². The number of carbonyl (C=O) groups excluding carboxylic acids is 1. The first-order chi connectivity index (χ1) is 11.0. The van der Waals surface area contributed by atoms with E-state index in [0.29, 0.717) is 16.9 Å². The average Bonchev–Trinajstić information content (AvgIpc) is 2.53. The van der Waals surface area contributed by atoms with Crippen LogP contribution in [-0.4, -0.2) is 18.0 Å². The van der Waals surface area contributed by atoms with Crippen LogP contribution in [0.25, 0.3) is 6.08 Å². The van der Waals surface area contributed by atoms with Gasteiger partial charge in [0.25, 0.3) is 0 Å². The van der Waals surface area contributed by atoms with E-state index in [9.17, 15) is 14.9 Å². The normalized spacial score (nSPS) is 10.5. The van der Waals surface area contributed by atoms with Crippen LogP contribution in [0.4, 0.5) is 0 Å². The molecule has 0 bridgehead atoms. The van der Waals surface area contributed by atoms with E-state index >= 15 is 0 Å². The first-order valence-corrected chi connectivity index (χ1v) is 6.78. The second-order valence-corrected chi connectivity index (χ2v) is 4.77. The Morgan fingerprint density at radius 3 is 2.61 bits per heavy atom. The monoisotopic (exact) mass is 313 g/mol. The Kier molecular flexibility index (Phi) is 5.09. The van der Waals surface area contributed by atoms with E-state index in [0.717, 1.165) is 11.8 Å². The number of hydrogen-bond acceptors (Lipinski definition) is 5. The molecule has 23 heavy (non-hydrogen) atoms. The molecule has 0 heterocycles. The van der Waals surface area contributed by atoms with Crippen molar-refractivity contribution in [3.05, 3.63) is 75.5 Å². The van der Waals surface area contributed by atoms with Gasteiger partial charge in [-0.3, -0.25) is 10.1 Å². The largest absolute Gasteiger partial charge is 0.493 e. The summed E-state index contributed by atoms with van der Waals surface area (Å²) in [5.74, 6) is 0.0642. The summed E-state index contributed by atoms with van der Waals surface area (Å²) in [4.78, 5) is 21.9. The standard InChI is InChI=1S/C17H15NO5/c1-12-4-3-5-14(10-12)17(19)23-15-7-6-13(8-9-18(20)21)11-16(15)22-2/h3-11H,1-2H3/b9-8+. The molecule has 0 aliphatic rings. The number of benzene rings is 2. The number of rotatable bonds is 5. The molecular weight excluding hydrogens is 298 g/mol. The highest BCUT2D eigenvalue weighted by Crippen LogP contribution is 2.29. The van der Waals surface area contributed by atoms with E-state index < -0.39 is 10.9 Å². The number of esters is 1. The van der Waals surface area contributed by atoms with Gasteiger partial charge in [-0.2, -0.15) is 0 Å². The molecule has 0 aromatic heterocycles. The van der Waals surface area contributed by atoms with Crippen LogP contribution >= 0.6 is 0 Å². The highest BCUT2D eigenvalue weighted by molar-refractivity contribution is 5.91. The van der Waals surface area contributed by atoms with Gasteiger partial charge in [0.05, 0.1) is 17.6 Å². The van der Waals surface area contributed by atoms with E-state index in [4.69, 9.17) is 9.47 Å². The summed E-state index contributed by atoms with van der Waals surface area (Å²) in [6, 6.07) is 11.7. The number of ether oxygens (including phenoxy) is 2. The number of nitro groups is 1. The molecule has 0 atom stereocenters. The molecule has 6 nitrogen and oxygen atoms in total. The lowest BCUT2D eigenvalue weighted by molar-refractivity contribution is -0.400. The van der Waals surface area contributed by atoms with Crippen molar-refractivity contribution in [3.8, 4) is 11.5 Å². The van der Waals surface area contributed by atoms with Crippen molar-refractivity contribution in [1.82, 2.24) is 0 Å². The van der Waals surface area contributed by atoms with E-state index in [1.807, 2.05) is 13.0 Å². The van der Waals surface area contributed by atoms with Crippen LogP contribution in [-0.2, 0) is 0 Å². The fraction of sp³-hybridized carbons (Fsp3) is 0.118. The summed E-state index contributed by atoms with van der Waals surface area (Å²) < 4.78 is 10.5. The lowest BCUT2D eigenvalue weighted by Crippen LogP contribution is -2.09. The third-order valence-corrected chi connectivity index (χ3v) is 3.03. The fourth-order valence-corrected chi connectivity index (χ4v) is 1.95. The molecule has 0 aliphatic heterocycles. The second kappa shape index (κ2) is 7.22. The van der Waals surface area contributed by atoms with E-state index in [2.05, 4.69) is 0 Å². The SMILES string of the molecule is COc1cc(/C=C/[N+](=O)[O-])ccc1OC(=O)c1cccc(C)c1. The minimum absolute atomic E-state index is 0.247. The Hall–Kier alpha value is -3.15. The highest BCUT2D eigenvalue weighted by Gasteiger charge is 2.13. The number of carbonyl (C=O) groups is 1. The Morgan fingerprint density at radius 1 is 1.17 bits per heavy atom. The van der Waals surface area contributed by atoms with Crippen molar-refractivity contribution in [2.45, 2.75) is 6.92 Å². The second-order valence-electron chi connectivity index (χ2n) is 4.77. The zero-order valence-corrected chi connectivity index (χ0v) is 12.7. The third-order valence-electron chi connectivity index (χ3n) is 3.03. The molecule has 0 unspecified atom stereocenters. The quantitative estimate of drug-likeness (QED) is 0.365. The molecule has 0 N–H and O–H groups in total. The molecule has 0 aliphatic carbocycles. The van der Waals surface area contributed by atoms with Crippen molar-refractivity contribution in [2.75, 3.05) is 7.11 Å². The summed E-state index contributed by atoms with van der Waals surface area (Å²) in [6.07, 6.45) is 2.15. The zero-order chi connectivity index (χ0) is 16.8. The Morgan fingerprint density at radius 2 is 1.96 bits per heavy atom. The predicted octanol–water partition coefficient (Wildman–Crippen LogP) is 3.47.